The normalized spacial score (nSPS) is 20.2. The van der Waals surface area contributed by atoms with Gasteiger partial charge < -0.3 is 19.5 Å². The van der Waals surface area contributed by atoms with E-state index in [-0.39, 0.29) is 18.0 Å². The summed E-state index contributed by atoms with van der Waals surface area (Å²) >= 11 is 0. The Morgan fingerprint density at radius 1 is 1.12 bits per heavy atom. The van der Waals surface area contributed by atoms with Gasteiger partial charge >= 0.3 is 6.03 Å². The number of rotatable bonds is 4. The molecule has 7 nitrogen and oxygen atoms in total. The second-order valence-corrected chi connectivity index (χ2v) is 6.45. The van der Waals surface area contributed by atoms with Crippen molar-refractivity contribution in [2.45, 2.75) is 25.8 Å². The first-order valence-corrected chi connectivity index (χ1v) is 8.71. The molecular weight excluding hydrogens is 308 g/mol. The van der Waals surface area contributed by atoms with E-state index >= 15 is 0 Å². The van der Waals surface area contributed by atoms with Gasteiger partial charge in [0.05, 0.1) is 12.3 Å². The van der Waals surface area contributed by atoms with Crippen LogP contribution < -0.4 is 5.32 Å². The average molecular weight is 334 g/mol. The Morgan fingerprint density at radius 3 is 2.38 bits per heavy atom. The van der Waals surface area contributed by atoms with Gasteiger partial charge in [-0.05, 0) is 38.1 Å². The Bertz CT molecular complexity index is 546. The van der Waals surface area contributed by atoms with Crippen molar-refractivity contribution in [3.8, 4) is 0 Å². The molecule has 1 N–H and O–H groups in total. The van der Waals surface area contributed by atoms with Crippen molar-refractivity contribution in [1.82, 2.24) is 20.0 Å². The van der Waals surface area contributed by atoms with Gasteiger partial charge in [0.15, 0.2) is 0 Å². The molecule has 2 saturated heterocycles. The van der Waals surface area contributed by atoms with E-state index in [4.69, 9.17) is 4.42 Å². The molecule has 132 valence electrons. The quantitative estimate of drug-likeness (QED) is 0.901. The Kier molecular flexibility index (Phi) is 5.40. The molecule has 7 heteroatoms. The van der Waals surface area contributed by atoms with Gasteiger partial charge in [-0.1, -0.05) is 0 Å². The van der Waals surface area contributed by atoms with Crippen molar-refractivity contribution in [3.63, 3.8) is 0 Å². The molecule has 3 amide bonds. The molecule has 2 aliphatic rings. The van der Waals surface area contributed by atoms with E-state index in [0.717, 1.165) is 18.8 Å². The molecule has 0 unspecified atom stereocenters. The van der Waals surface area contributed by atoms with Crippen LogP contribution in [0.5, 0.6) is 0 Å². The third-order valence-corrected chi connectivity index (χ3v) is 4.91. The highest BCUT2D eigenvalue weighted by atomic mass is 16.3. The largest absolute Gasteiger partial charge is 0.468 e. The van der Waals surface area contributed by atoms with Gasteiger partial charge in [0.1, 0.15) is 5.76 Å². The van der Waals surface area contributed by atoms with Crippen LogP contribution in [0.2, 0.25) is 0 Å². The zero-order valence-corrected chi connectivity index (χ0v) is 14.2. The summed E-state index contributed by atoms with van der Waals surface area (Å²) in [5.74, 6) is 0.973. The van der Waals surface area contributed by atoms with E-state index in [0.29, 0.717) is 32.7 Å². The van der Waals surface area contributed by atoms with E-state index in [2.05, 4.69) is 10.2 Å². The number of hydrogen-bond donors (Lipinski definition) is 1. The lowest BCUT2D eigenvalue weighted by Crippen LogP contribution is -2.53. The van der Waals surface area contributed by atoms with Gasteiger partial charge in [-0.3, -0.25) is 9.69 Å². The van der Waals surface area contributed by atoms with Crippen molar-refractivity contribution in [1.29, 1.82) is 0 Å². The number of furan rings is 1. The van der Waals surface area contributed by atoms with E-state index in [1.807, 2.05) is 12.1 Å². The fourth-order valence-corrected chi connectivity index (χ4v) is 3.46. The van der Waals surface area contributed by atoms with Gasteiger partial charge in [-0.2, -0.15) is 0 Å². The summed E-state index contributed by atoms with van der Waals surface area (Å²) in [6, 6.07) is 3.89. The maximum Gasteiger partial charge on any atom is 0.317 e. The lowest BCUT2D eigenvalue weighted by molar-refractivity contribution is -0.130. The minimum absolute atomic E-state index is 0.0612. The highest BCUT2D eigenvalue weighted by Gasteiger charge is 2.27. The smallest absolute Gasteiger partial charge is 0.317 e. The Morgan fingerprint density at radius 2 is 1.79 bits per heavy atom. The molecule has 0 aliphatic carbocycles. The number of amides is 3. The average Bonchev–Trinajstić information content (AvgIpc) is 3.29. The standard InChI is InChI=1S/C17H26N4O3/c1-14(22)19-8-10-21(11-9-19)17(23)18-13-15(16-5-4-12-24-16)20-6-2-3-7-20/h4-5,12,15H,2-3,6-11,13H2,1H3,(H,18,23)/t15-/m0/s1. The molecule has 2 fully saturated rings. The number of nitrogens with zero attached hydrogens (tertiary/aromatic N) is 3. The van der Waals surface area contributed by atoms with Crippen LogP contribution >= 0.6 is 0 Å². The molecule has 0 aromatic carbocycles. The summed E-state index contributed by atoms with van der Waals surface area (Å²) < 4.78 is 5.58. The van der Waals surface area contributed by atoms with Crippen LogP contribution in [0, 0.1) is 0 Å². The number of urea groups is 1. The Hall–Kier alpha value is -2.02. The first-order valence-electron chi connectivity index (χ1n) is 8.71. The molecule has 0 saturated carbocycles. The molecule has 1 atom stereocenters. The first kappa shape index (κ1) is 16.8. The van der Waals surface area contributed by atoms with Gasteiger partial charge in [0, 0.05) is 39.6 Å². The van der Waals surface area contributed by atoms with Gasteiger partial charge in [0.25, 0.3) is 0 Å². The van der Waals surface area contributed by atoms with E-state index in [1.54, 1.807) is 23.0 Å². The maximum atomic E-state index is 12.4. The molecule has 1 aromatic rings. The number of piperazine rings is 1. The number of carbonyl (C=O) groups is 2. The molecule has 2 aliphatic heterocycles. The van der Waals surface area contributed by atoms with Crippen molar-refractivity contribution < 1.29 is 14.0 Å². The fourth-order valence-electron chi connectivity index (χ4n) is 3.46. The van der Waals surface area contributed by atoms with Crippen LogP contribution in [0.4, 0.5) is 4.79 Å². The molecule has 0 bridgehead atoms. The number of likely N-dealkylation sites (tertiary alicyclic amines) is 1. The van der Waals surface area contributed by atoms with Gasteiger partial charge in [0.2, 0.25) is 5.91 Å². The van der Waals surface area contributed by atoms with Gasteiger partial charge in [-0.25, -0.2) is 4.79 Å². The SMILES string of the molecule is CC(=O)N1CCN(C(=O)NC[C@@H](c2ccco2)N2CCCC2)CC1. The van der Waals surface area contributed by atoms with Crippen molar-refractivity contribution in [2.75, 3.05) is 45.8 Å². The third-order valence-electron chi connectivity index (χ3n) is 4.91. The van der Waals surface area contributed by atoms with Crippen LogP contribution in [-0.4, -0.2) is 72.5 Å². The topological polar surface area (TPSA) is 69.0 Å². The lowest BCUT2D eigenvalue weighted by Gasteiger charge is -2.34. The maximum absolute atomic E-state index is 12.4. The van der Waals surface area contributed by atoms with Crippen molar-refractivity contribution in [3.05, 3.63) is 24.2 Å². The minimum Gasteiger partial charge on any atom is -0.468 e. The predicted octanol–water partition coefficient (Wildman–Crippen LogP) is 1.29. The number of hydrogen-bond acceptors (Lipinski definition) is 4. The summed E-state index contributed by atoms with van der Waals surface area (Å²) in [5, 5.41) is 3.04. The summed E-state index contributed by atoms with van der Waals surface area (Å²) in [4.78, 5) is 29.7. The van der Waals surface area contributed by atoms with Gasteiger partial charge in [-0.15, -0.1) is 0 Å². The second-order valence-electron chi connectivity index (χ2n) is 6.45. The number of carbonyl (C=O) groups excluding carboxylic acids is 2. The van der Waals surface area contributed by atoms with Crippen LogP contribution in [0.1, 0.15) is 31.6 Å². The zero-order valence-electron chi connectivity index (χ0n) is 14.2. The van der Waals surface area contributed by atoms with Crippen molar-refractivity contribution in [2.24, 2.45) is 0 Å². The van der Waals surface area contributed by atoms with Crippen LogP contribution in [-0.2, 0) is 4.79 Å². The molecular formula is C17H26N4O3. The second kappa shape index (κ2) is 7.70. The summed E-state index contributed by atoms with van der Waals surface area (Å²) in [6.45, 7) is 6.57. The number of nitrogens with one attached hydrogen (secondary N) is 1. The first-order chi connectivity index (χ1) is 11.6. The monoisotopic (exact) mass is 334 g/mol. The molecule has 3 heterocycles. The van der Waals surface area contributed by atoms with E-state index in [9.17, 15) is 9.59 Å². The fraction of sp³-hybridized carbons (Fsp3) is 0.647. The summed E-state index contributed by atoms with van der Waals surface area (Å²) in [5.41, 5.74) is 0. The van der Waals surface area contributed by atoms with E-state index in [1.165, 1.54) is 12.8 Å². The van der Waals surface area contributed by atoms with E-state index < -0.39 is 0 Å². The molecule has 3 rings (SSSR count). The Labute approximate surface area is 142 Å². The summed E-state index contributed by atoms with van der Waals surface area (Å²) in [6.07, 6.45) is 4.07. The van der Waals surface area contributed by atoms with Crippen LogP contribution in [0.15, 0.2) is 22.8 Å². The highest BCUT2D eigenvalue weighted by Crippen LogP contribution is 2.24. The zero-order chi connectivity index (χ0) is 16.9. The molecule has 24 heavy (non-hydrogen) atoms. The Balaban J connectivity index is 1.53. The van der Waals surface area contributed by atoms with Crippen LogP contribution in [0.25, 0.3) is 0 Å². The van der Waals surface area contributed by atoms with Crippen molar-refractivity contribution >= 4 is 11.9 Å². The summed E-state index contributed by atoms with van der Waals surface area (Å²) in [7, 11) is 0. The molecule has 0 radical (unpaired) electrons. The predicted molar refractivity (Wildman–Crippen MR) is 89.5 cm³/mol. The lowest BCUT2D eigenvalue weighted by atomic mass is 10.2. The van der Waals surface area contributed by atoms with Crippen LogP contribution in [0.3, 0.4) is 0 Å². The third kappa shape index (κ3) is 3.90. The molecule has 0 spiro atoms. The molecule has 1 aromatic heterocycles. The minimum atomic E-state index is -0.0612. The highest BCUT2D eigenvalue weighted by molar-refractivity contribution is 5.76.